The van der Waals surface area contributed by atoms with Gasteiger partial charge in [0.2, 0.25) is 5.78 Å². The van der Waals surface area contributed by atoms with E-state index in [-0.39, 0.29) is 11.5 Å². The third-order valence-corrected chi connectivity index (χ3v) is 5.85. The molecule has 5 rings (SSSR count). The van der Waals surface area contributed by atoms with E-state index in [1.54, 1.807) is 36.4 Å². The van der Waals surface area contributed by atoms with E-state index >= 15 is 0 Å². The SMILES string of the molecule is O=C(/C=C/c1ccc2noc(-c3ccccc3)c2c1)c1ccc(-c2cccc(Cl)c2Cl)o1. The Morgan fingerprint density at radius 3 is 2.59 bits per heavy atom. The minimum absolute atomic E-state index is 0.211. The Bertz CT molecular complexity index is 1470. The second-order valence-electron chi connectivity index (χ2n) is 7.12. The van der Waals surface area contributed by atoms with Gasteiger partial charge in [0.15, 0.2) is 11.5 Å². The van der Waals surface area contributed by atoms with E-state index < -0.39 is 0 Å². The summed E-state index contributed by atoms with van der Waals surface area (Å²) in [6.45, 7) is 0. The van der Waals surface area contributed by atoms with Gasteiger partial charge in [-0.15, -0.1) is 0 Å². The second-order valence-corrected chi connectivity index (χ2v) is 7.90. The largest absolute Gasteiger partial charge is 0.453 e. The van der Waals surface area contributed by atoms with E-state index in [4.69, 9.17) is 32.1 Å². The fourth-order valence-electron chi connectivity index (χ4n) is 3.42. The maximum absolute atomic E-state index is 12.6. The van der Waals surface area contributed by atoms with Crippen LogP contribution in [0.25, 0.3) is 39.6 Å². The molecule has 156 valence electrons. The van der Waals surface area contributed by atoms with Crippen LogP contribution in [0.4, 0.5) is 0 Å². The number of nitrogens with zero attached hydrogens (tertiary/aromatic N) is 1. The number of ketones is 1. The summed E-state index contributed by atoms with van der Waals surface area (Å²) in [5, 5.41) is 5.81. The monoisotopic (exact) mass is 459 g/mol. The Kier molecular flexibility index (Phi) is 5.39. The number of carbonyl (C=O) groups excluding carboxylic acids is 1. The van der Waals surface area contributed by atoms with Gasteiger partial charge in [-0.1, -0.05) is 76.9 Å². The second kappa shape index (κ2) is 8.50. The first kappa shape index (κ1) is 20.3. The summed E-state index contributed by atoms with van der Waals surface area (Å²) in [6.07, 6.45) is 3.21. The number of aromatic nitrogens is 1. The van der Waals surface area contributed by atoms with Crippen LogP contribution in [-0.4, -0.2) is 10.9 Å². The molecule has 0 saturated heterocycles. The van der Waals surface area contributed by atoms with Gasteiger partial charge in [-0.25, -0.2) is 0 Å². The number of halogens is 2. The minimum Gasteiger partial charge on any atom is -0.453 e. The highest BCUT2D eigenvalue weighted by Gasteiger charge is 2.14. The lowest BCUT2D eigenvalue weighted by Crippen LogP contribution is -1.90. The Morgan fingerprint density at radius 1 is 0.906 bits per heavy atom. The van der Waals surface area contributed by atoms with Crippen LogP contribution >= 0.6 is 23.2 Å². The zero-order valence-corrected chi connectivity index (χ0v) is 18.1. The van der Waals surface area contributed by atoms with E-state index in [0.29, 0.717) is 27.1 Å². The molecule has 0 amide bonds. The van der Waals surface area contributed by atoms with Gasteiger partial charge >= 0.3 is 0 Å². The van der Waals surface area contributed by atoms with Gasteiger partial charge in [0.1, 0.15) is 11.3 Å². The molecule has 0 aliphatic heterocycles. The summed E-state index contributed by atoms with van der Waals surface area (Å²) in [7, 11) is 0. The molecule has 4 nitrogen and oxygen atoms in total. The van der Waals surface area contributed by atoms with Crippen molar-refractivity contribution in [1.82, 2.24) is 5.16 Å². The molecule has 2 aromatic heterocycles. The highest BCUT2D eigenvalue weighted by atomic mass is 35.5. The van der Waals surface area contributed by atoms with E-state index in [1.165, 1.54) is 6.08 Å². The van der Waals surface area contributed by atoms with Crippen LogP contribution in [0.5, 0.6) is 0 Å². The number of hydrogen-bond acceptors (Lipinski definition) is 4. The molecule has 0 bridgehead atoms. The Balaban J connectivity index is 1.40. The van der Waals surface area contributed by atoms with Crippen molar-refractivity contribution >= 4 is 46.0 Å². The fourth-order valence-corrected chi connectivity index (χ4v) is 3.82. The molecule has 0 unspecified atom stereocenters. The first-order chi connectivity index (χ1) is 15.6. The summed E-state index contributed by atoms with van der Waals surface area (Å²) in [6, 6.07) is 24.0. The van der Waals surface area contributed by atoms with Crippen molar-refractivity contribution in [3.8, 4) is 22.6 Å². The molecule has 0 saturated carbocycles. The summed E-state index contributed by atoms with van der Waals surface area (Å²) in [5.41, 5.74) is 3.17. The fraction of sp³-hybridized carbons (Fsp3) is 0. The molecule has 0 aliphatic carbocycles. The van der Waals surface area contributed by atoms with Crippen LogP contribution in [0.1, 0.15) is 16.1 Å². The molecule has 5 aromatic rings. The van der Waals surface area contributed by atoms with Crippen LogP contribution in [0.2, 0.25) is 10.0 Å². The summed E-state index contributed by atoms with van der Waals surface area (Å²) in [4.78, 5) is 12.6. The maximum Gasteiger partial charge on any atom is 0.221 e. The van der Waals surface area contributed by atoms with E-state index in [2.05, 4.69) is 5.16 Å². The van der Waals surface area contributed by atoms with Crippen molar-refractivity contribution < 1.29 is 13.7 Å². The highest BCUT2D eigenvalue weighted by molar-refractivity contribution is 6.43. The first-order valence-corrected chi connectivity index (χ1v) is 10.6. The number of carbonyl (C=O) groups is 1. The predicted octanol–water partition coefficient (Wildman–Crippen LogP) is 7.96. The van der Waals surface area contributed by atoms with Crippen LogP contribution in [0.3, 0.4) is 0 Å². The van der Waals surface area contributed by atoms with Gasteiger partial charge < -0.3 is 8.94 Å². The van der Waals surface area contributed by atoms with E-state index in [9.17, 15) is 4.79 Å². The Morgan fingerprint density at radius 2 is 1.75 bits per heavy atom. The standard InChI is InChI=1S/C26H15Cl2NO3/c27-20-8-4-7-18(25(20)28)23-13-14-24(31-23)22(30)12-10-16-9-11-21-19(15-16)26(32-29-21)17-5-2-1-3-6-17/h1-15H/b12-10+. The molecular weight excluding hydrogens is 445 g/mol. The van der Waals surface area contributed by atoms with E-state index in [0.717, 1.165) is 22.0 Å². The summed E-state index contributed by atoms with van der Waals surface area (Å²) in [5.74, 6) is 1.12. The lowest BCUT2D eigenvalue weighted by atomic mass is 10.1. The third kappa shape index (κ3) is 3.86. The smallest absolute Gasteiger partial charge is 0.221 e. The molecule has 0 radical (unpaired) electrons. The molecular formula is C26H15Cl2NO3. The van der Waals surface area contributed by atoms with Crippen LogP contribution < -0.4 is 0 Å². The molecule has 6 heteroatoms. The normalized spacial score (nSPS) is 11.4. The minimum atomic E-state index is -0.261. The molecule has 32 heavy (non-hydrogen) atoms. The maximum atomic E-state index is 12.6. The average molecular weight is 460 g/mol. The lowest BCUT2D eigenvalue weighted by Gasteiger charge is -2.02. The van der Waals surface area contributed by atoms with Gasteiger partial charge in [0, 0.05) is 11.1 Å². The van der Waals surface area contributed by atoms with Gasteiger partial charge in [-0.05, 0) is 48.0 Å². The van der Waals surface area contributed by atoms with Crippen LogP contribution in [-0.2, 0) is 0 Å². The number of rotatable bonds is 5. The summed E-state index contributed by atoms with van der Waals surface area (Å²) < 4.78 is 11.3. The van der Waals surface area contributed by atoms with Crippen molar-refractivity contribution in [2.75, 3.05) is 0 Å². The highest BCUT2D eigenvalue weighted by Crippen LogP contribution is 2.34. The van der Waals surface area contributed by atoms with Crippen LogP contribution in [0, 0.1) is 0 Å². The number of furan rings is 1. The summed E-state index contributed by atoms with van der Waals surface area (Å²) >= 11 is 12.3. The Hall–Kier alpha value is -3.60. The molecule has 0 fully saturated rings. The zero-order chi connectivity index (χ0) is 22.1. The molecule has 0 N–H and O–H groups in total. The van der Waals surface area contributed by atoms with Gasteiger partial charge in [0.25, 0.3) is 0 Å². The van der Waals surface area contributed by atoms with Crippen molar-refractivity contribution in [2.45, 2.75) is 0 Å². The first-order valence-electron chi connectivity index (χ1n) is 9.81. The van der Waals surface area contributed by atoms with Crippen molar-refractivity contribution in [3.05, 3.63) is 106 Å². The number of fused-ring (bicyclic) bond motifs is 1. The molecule has 2 heterocycles. The Labute approximate surface area is 193 Å². The van der Waals surface area contributed by atoms with Gasteiger partial charge in [0.05, 0.1) is 15.4 Å². The number of benzene rings is 3. The zero-order valence-electron chi connectivity index (χ0n) is 16.6. The quantitative estimate of drug-likeness (QED) is 0.197. The third-order valence-electron chi connectivity index (χ3n) is 5.03. The number of hydrogen-bond donors (Lipinski definition) is 0. The van der Waals surface area contributed by atoms with Crippen molar-refractivity contribution in [2.24, 2.45) is 0 Å². The van der Waals surface area contributed by atoms with Gasteiger partial charge in [-0.3, -0.25) is 4.79 Å². The average Bonchev–Trinajstić information content (AvgIpc) is 3.47. The topological polar surface area (TPSA) is 56.2 Å². The lowest BCUT2D eigenvalue weighted by molar-refractivity contribution is 0.102. The predicted molar refractivity (Wildman–Crippen MR) is 127 cm³/mol. The molecule has 3 aromatic carbocycles. The van der Waals surface area contributed by atoms with Crippen molar-refractivity contribution in [3.63, 3.8) is 0 Å². The number of allylic oxidation sites excluding steroid dienone is 1. The van der Waals surface area contributed by atoms with Crippen LogP contribution in [0.15, 0.2) is 93.9 Å². The molecule has 0 atom stereocenters. The van der Waals surface area contributed by atoms with Gasteiger partial charge in [-0.2, -0.15) is 0 Å². The molecule has 0 spiro atoms. The molecule has 0 aliphatic rings. The van der Waals surface area contributed by atoms with Crippen molar-refractivity contribution in [1.29, 1.82) is 0 Å². The van der Waals surface area contributed by atoms with E-state index in [1.807, 2.05) is 48.5 Å².